The second-order valence-corrected chi connectivity index (χ2v) is 5.92. The average Bonchev–Trinajstić information content (AvgIpc) is 2.83. The fourth-order valence-corrected chi connectivity index (χ4v) is 3.28. The van der Waals surface area contributed by atoms with Crippen LogP contribution in [-0.4, -0.2) is 38.1 Å². The molecule has 4 atom stereocenters. The molecule has 2 amide bonds. The molecule has 120 valence electrons. The fraction of sp³-hybridized carbons (Fsp3) is 0.571. The maximum Gasteiger partial charge on any atom is 0.228 e. The summed E-state index contributed by atoms with van der Waals surface area (Å²) >= 11 is 0. The number of hydrogen-bond acceptors (Lipinski definition) is 5. The molecule has 1 aliphatic rings. The number of aryl methyl sites for hydroxylation is 1. The van der Waals surface area contributed by atoms with Gasteiger partial charge in [-0.25, -0.2) is 0 Å². The van der Waals surface area contributed by atoms with E-state index in [2.05, 4.69) is 5.10 Å². The molecule has 0 aliphatic heterocycles. The smallest absolute Gasteiger partial charge is 0.228 e. The second kappa shape index (κ2) is 5.53. The van der Waals surface area contributed by atoms with E-state index >= 15 is 0 Å². The number of nitrogens with two attached hydrogens (primary N) is 2. The summed E-state index contributed by atoms with van der Waals surface area (Å²) in [7, 11) is 0. The molecule has 1 saturated carbocycles. The Kier molecular flexibility index (Phi) is 4.06. The maximum absolute atomic E-state index is 12.2. The van der Waals surface area contributed by atoms with Gasteiger partial charge in [-0.15, -0.1) is 0 Å². The Labute approximate surface area is 127 Å². The first-order chi connectivity index (χ1) is 10.2. The molecule has 1 aliphatic carbocycles. The molecule has 1 fully saturated rings. The Balaban J connectivity index is 2.58. The summed E-state index contributed by atoms with van der Waals surface area (Å²) in [5, 5.41) is 14.6. The SMILES string of the molecule is CCn1cc([C@@H]2[C@H](C(N)=O)C(=O)C[C@](C)(O)[C@H]2C(N)=O)cn1. The quantitative estimate of drug-likeness (QED) is 0.606. The molecule has 8 nitrogen and oxygen atoms in total. The van der Waals surface area contributed by atoms with E-state index in [0.717, 1.165) is 0 Å². The van der Waals surface area contributed by atoms with Crippen molar-refractivity contribution in [2.75, 3.05) is 0 Å². The zero-order valence-corrected chi connectivity index (χ0v) is 12.5. The van der Waals surface area contributed by atoms with E-state index in [9.17, 15) is 19.5 Å². The predicted octanol–water partition coefficient (Wildman–Crippen LogP) is -1.09. The van der Waals surface area contributed by atoms with Gasteiger partial charge >= 0.3 is 0 Å². The number of primary amides is 2. The molecule has 22 heavy (non-hydrogen) atoms. The Morgan fingerprint density at radius 3 is 2.55 bits per heavy atom. The highest BCUT2D eigenvalue weighted by Crippen LogP contribution is 2.45. The highest BCUT2D eigenvalue weighted by molar-refractivity contribution is 6.04. The van der Waals surface area contributed by atoms with Crippen molar-refractivity contribution in [3.05, 3.63) is 18.0 Å². The van der Waals surface area contributed by atoms with Crippen LogP contribution < -0.4 is 11.5 Å². The van der Waals surface area contributed by atoms with Gasteiger partial charge in [-0.1, -0.05) is 0 Å². The fourth-order valence-electron chi connectivity index (χ4n) is 3.28. The highest BCUT2D eigenvalue weighted by atomic mass is 16.3. The number of ketones is 1. The molecule has 0 radical (unpaired) electrons. The van der Waals surface area contributed by atoms with Crippen LogP contribution in [0.2, 0.25) is 0 Å². The molecule has 1 heterocycles. The Hall–Kier alpha value is -2.22. The predicted molar refractivity (Wildman–Crippen MR) is 76.3 cm³/mol. The number of hydrogen-bond donors (Lipinski definition) is 3. The summed E-state index contributed by atoms with van der Waals surface area (Å²) in [6.45, 7) is 3.82. The number of aromatic nitrogens is 2. The van der Waals surface area contributed by atoms with E-state index in [1.807, 2.05) is 6.92 Å². The van der Waals surface area contributed by atoms with Crippen LogP contribution in [0.3, 0.4) is 0 Å². The van der Waals surface area contributed by atoms with Crippen molar-refractivity contribution in [2.24, 2.45) is 23.3 Å². The lowest BCUT2D eigenvalue weighted by molar-refractivity contribution is -0.152. The Morgan fingerprint density at radius 1 is 1.45 bits per heavy atom. The molecule has 8 heteroatoms. The van der Waals surface area contributed by atoms with Crippen LogP contribution in [0.25, 0.3) is 0 Å². The molecule has 0 bridgehead atoms. The summed E-state index contributed by atoms with van der Waals surface area (Å²) in [5.41, 5.74) is 9.64. The number of carbonyl (C=O) groups is 3. The van der Waals surface area contributed by atoms with E-state index in [1.54, 1.807) is 10.9 Å². The summed E-state index contributed by atoms with van der Waals surface area (Å²) in [6, 6.07) is 0. The molecule has 1 aromatic rings. The molecule has 0 spiro atoms. The van der Waals surface area contributed by atoms with E-state index in [1.165, 1.54) is 13.1 Å². The number of rotatable bonds is 4. The van der Waals surface area contributed by atoms with Crippen molar-refractivity contribution in [1.29, 1.82) is 0 Å². The summed E-state index contributed by atoms with van der Waals surface area (Å²) in [4.78, 5) is 35.9. The van der Waals surface area contributed by atoms with E-state index in [4.69, 9.17) is 11.5 Å². The third-order valence-corrected chi connectivity index (χ3v) is 4.24. The third kappa shape index (κ3) is 2.61. The van der Waals surface area contributed by atoms with Crippen molar-refractivity contribution in [2.45, 2.75) is 38.3 Å². The van der Waals surface area contributed by atoms with Crippen LogP contribution in [0.4, 0.5) is 0 Å². The van der Waals surface area contributed by atoms with Crippen molar-refractivity contribution in [1.82, 2.24) is 9.78 Å². The van der Waals surface area contributed by atoms with Gasteiger partial charge in [-0.3, -0.25) is 19.1 Å². The minimum atomic E-state index is -1.63. The van der Waals surface area contributed by atoms with Gasteiger partial charge in [0.25, 0.3) is 0 Å². The van der Waals surface area contributed by atoms with Gasteiger partial charge in [-0.05, 0) is 19.4 Å². The molecule has 1 aromatic heterocycles. The van der Waals surface area contributed by atoms with Crippen LogP contribution in [0.15, 0.2) is 12.4 Å². The van der Waals surface area contributed by atoms with Crippen molar-refractivity contribution < 1.29 is 19.5 Å². The number of nitrogens with zero attached hydrogens (tertiary/aromatic N) is 2. The zero-order valence-electron chi connectivity index (χ0n) is 12.5. The zero-order chi connectivity index (χ0) is 16.7. The van der Waals surface area contributed by atoms with Crippen LogP contribution in [0.1, 0.15) is 31.7 Å². The van der Waals surface area contributed by atoms with Gasteiger partial charge in [0.1, 0.15) is 11.7 Å². The summed E-state index contributed by atoms with van der Waals surface area (Å²) in [6.07, 6.45) is 2.76. The minimum absolute atomic E-state index is 0.341. The monoisotopic (exact) mass is 308 g/mol. The van der Waals surface area contributed by atoms with Crippen LogP contribution >= 0.6 is 0 Å². The molecular formula is C14H20N4O4. The molecule has 0 aromatic carbocycles. The lowest BCUT2D eigenvalue weighted by atomic mass is 9.62. The van der Waals surface area contributed by atoms with Gasteiger partial charge < -0.3 is 16.6 Å². The number of carbonyl (C=O) groups excluding carboxylic acids is 3. The molecule has 0 unspecified atom stereocenters. The standard InChI is InChI=1S/C14H20N4O4/c1-3-18-6-7(5-17-18)9-10(12(15)20)8(19)4-14(2,22)11(9)13(16)21/h5-6,9-11,22H,3-4H2,1-2H3,(H2,15,20)(H2,16,21)/t9-,10-,11-,14+/m1/s1. The highest BCUT2D eigenvalue weighted by Gasteiger charge is 2.55. The molecule has 5 N–H and O–H groups in total. The van der Waals surface area contributed by atoms with Crippen LogP contribution in [-0.2, 0) is 20.9 Å². The molecular weight excluding hydrogens is 288 g/mol. The Morgan fingerprint density at radius 2 is 2.09 bits per heavy atom. The molecule has 2 rings (SSSR count). The van der Waals surface area contributed by atoms with Gasteiger partial charge in [0.15, 0.2) is 0 Å². The molecule has 0 saturated heterocycles. The topological polar surface area (TPSA) is 141 Å². The van der Waals surface area contributed by atoms with E-state index < -0.39 is 41.0 Å². The minimum Gasteiger partial charge on any atom is -0.389 e. The van der Waals surface area contributed by atoms with Crippen molar-refractivity contribution >= 4 is 17.6 Å². The van der Waals surface area contributed by atoms with Crippen molar-refractivity contribution in [3.8, 4) is 0 Å². The van der Waals surface area contributed by atoms with Gasteiger partial charge in [0.05, 0.1) is 17.7 Å². The van der Waals surface area contributed by atoms with E-state index in [0.29, 0.717) is 12.1 Å². The largest absolute Gasteiger partial charge is 0.389 e. The number of Topliss-reactive ketones (excluding diaryl/α,β-unsaturated/α-hetero) is 1. The first kappa shape index (κ1) is 16.2. The number of aliphatic hydroxyl groups is 1. The summed E-state index contributed by atoms with van der Waals surface area (Å²) in [5.74, 6) is -5.32. The average molecular weight is 308 g/mol. The van der Waals surface area contributed by atoms with Gasteiger partial charge in [-0.2, -0.15) is 5.10 Å². The lowest BCUT2D eigenvalue weighted by Gasteiger charge is -2.42. The lowest BCUT2D eigenvalue weighted by Crippen LogP contribution is -2.57. The van der Waals surface area contributed by atoms with Crippen LogP contribution in [0, 0.1) is 11.8 Å². The normalized spacial score (nSPS) is 32.0. The van der Waals surface area contributed by atoms with Gasteiger partial charge in [0.2, 0.25) is 11.8 Å². The second-order valence-electron chi connectivity index (χ2n) is 5.92. The van der Waals surface area contributed by atoms with Gasteiger partial charge in [0, 0.05) is 25.1 Å². The maximum atomic E-state index is 12.2. The third-order valence-electron chi connectivity index (χ3n) is 4.24. The van der Waals surface area contributed by atoms with Crippen molar-refractivity contribution in [3.63, 3.8) is 0 Å². The summed E-state index contributed by atoms with van der Waals surface area (Å²) < 4.78 is 1.60. The first-order valence-electron chi connectivity index (χ1n) is 7.05. The number of amides is 2. The van der Waals surface area contributed by atoms with Crippen LogP contribution in [0.5, 0.6) is 0 Å². The van der Waals surface area contributed by atoms with E-state index in [-0.39, 0.29) is 6.42 Å². The first-order valence-corrected chi connectivity index (χ1v) is 7.05. The Bertz CT molecular complexity index is 622.